The van der Waals surface area contributed by atoms with Gasteiger partial charge in [0.2, 0.25) is 0 Å². The molecule has 0 aliphatic carbocycles. The average Bonchev–Trinajstić information content (AvgIpc) is 2.31. The summed E-state index contributed by atoms with van der Waals surface area (Å²) in [6, 6.07) is 0. The topological polar surface area (TPSA) is 51.0 Å². The van der Waals surface area contributed by atoms with E-state index in [9.17, 15) is 0 Å². The van der Waals surface area contributed by atoms with Crippen LogP contribution in [0.4, 0.5) is 0 Å². The van der Waals surface area contributed by atoms with Gasteiger partial charge in [-0.3, -0.25) is 0 Å². The van der Waals surface area contributed by atoms with Gasteiger partial charge in [-0.25, -0.2) is 5.90 Å². The maximum Gasteiger partial charge on any atom is 0.0771 e. The third-order valence-electron chi connectivity index (χ3n) is 2.40. The summed E-state index contributed by atoms with van der Waals surface area (Å²) in [6.07, 6.45) is 2.02. The third kappa shape index (κ3) is 1.92. The van der Waals surface area contributed by atoms with Gasteiger partial charge in [-0.15, -0.1) is 0 Å². The minimum Gasteiger partial charge on any atom is -0.365 e. The maximum atomic E-state index is 5.11. The first-order valence-corrected chi connectivity index (χ1v) is 4.46. The van der Waals surface area contributed by atoms with Gasteiger partial charge in [-0.05, 0) is 25.0 Å². The number of hydrogen-bond acceptors (Lipinski definition) is 2. The lowest BCUT2D eigenvalue weighted by atomic mass is 9.83. The SMILES string of the molecule is Cc1c[nH]c(C)c1C(C)(C)CON. The van der Waals surface area contributed by atoms with E-state index in [4.69, 9.17) is 10.7 Å². The van der Waals surface area contributed by atoms with Crippen LogP contribution in [-0.4, -0.2) is 11.6 Å². The number of H-pyrrole nitrogens is 1. The van der Waals surface area contributed by atoms with E-state index in [0.717, 1.165) is 0 Å². The summed E-state index contributed by atoms with van der Waals surface area (Å²) in [5.41, 5.74) is 3.74. The van der Waals surface area contributed by atoms with E-state index in [0.29, 0.717) is 6.61 Å². The Bertz CT molecular complexity index is 270. The van der Waals surface area contributed by atoms with Gasteiger partial charge in [0.15, 0.2) is 0 Å². The van der Waals surface area contributed by atoms with Crippen LogP contribution in [0.15, 0.2) is 6.20 Å². The number of aromatic amines is 1. The van der Waals surface area contributed by atoms with Gasteiger partial charge in [0.05, 0.1) is 6.61 Å². The summed E-state index contributed by atoms with van der Waals surface area (Å²) in [7, 11) is 0. The van der Waals surface area contributed by atoms with Crippen molar-refractivity contribution in [1.29, 1.82) is 0 Å². The maximum absolute atomic E-state index is 5.11. The summed E-state index contributed by atoms with van der Waals surface area (Å²) < 4.78 is 0. The van der Waals surface area contributed by atoms with Crippen molar-refractivity contribution in [3.05, 3.63) is 23.0 Å². The molecule has 0 amide bonds. The molecule has 74 valence electrons. The van der Waals surface area contributed by atoms with Crippen LogP contribution in [0.5, 0.6) is 0 Å². The van der Waals surface area contributed by atoms with E-state index >= 15 is 0 Å². The fourth-order valence-corrected chi connectivity index (χ4v) is 1.98. The van der Waals surface area contributed by atoms with Crippen LogP contribution in [0.1, 0.15) is 30.7 Å². The summed E-state index contributed by atoms with van der Waals surface area (Å²) in [6.45, 7) is 8.95. The van der Waals surface area contributed by atoms with Gasteiger partial charge in [0, 0.05) is 17.3 Å². The second-order valence-corrected chi connectivity index (χ2v) is 4.17. The number of nitrogens with two attached hydrogens (primary N) is 1. The summed E-state index contributed by atoms with van der Waals surface area (Å²) in [4.78, 5) is 7.93. The van der Waals surface area contributed by atoms with Gasteiger partial charge in [-0.1, -0.05) is 13.8 Å². The molecule has 0 atom stereocenters. The number of nitrogens with one attached hydrogen (secondary N) is 1. The Balaban J connectivity index is 3.05. The molecule has 1 rings (SSSR count). The zero-order valence-electron chi connectivity index (χ0n) is 8.77. The summed E-state index contributed by atoms with van der Waals surface area (Å²) in [5, 5.41) is 0. The Kier molecular flexibility index (Phi) is 2.78. The molecule has 0 aliphatic rings. The molecule has 0 aliphatic heterocycles. The van der Waals surface area contributed by atoms with Crippen molar-refractivity contribution >= 4 is 0 Å². The highest BCUT2D eigenvalue weighted by molar-refractivity contribution is 5.35. The van der Waals surface area contributed by atoms with Crippen molar-refractivity contribution in [1.82, 2.24) is 4.98 Å². The molecule has 0 radical (unpaired) electrons. The number of rotatable bonds is 3. The normalized spacial score (nSPS) is 12.1. The van der Waals surface area contributed by atoms with Crippen LogP contribution in [0, 0.1) is 13.8 Å². The van der Waals surface area contributed by atoms with Crippen molar-refractivity contribution < 1.29 is 4.84 Å². The van der Waals surface area contributed by atoms with Crippen LogP contribution >= 0.6 is 0 Å². The zero-order chi connectivity index (χ0) is 10.1. The molecule has 3 N–H and O–H groups in total. The summed E-state index contributed by atoms with van der Waals surface area (Å²) >= 11 is 0. The first-order chi connectivity index (χ1) is 5.99. The van der Waals surface area contributed by atoms with Crippen molar-refractivity contribution in [2.24, 2.45) is 5.90 Å². The fourth-order valence-electron chi connectivity index (χ4n) is 1.98. The van der Waals surface area contributed by atoms with E-state index in [2.05, 4.69) is 32.7 Å². The highest BCUT2D eigenvalue weighted by Crippen LogP contribution is 2.28. The van der Waals surface area contributed by atoms with Crippen molar-refractivity contribution in [3.8, 4) is 0 Å². The highest BCUT2D eigenvalue weighted by Gasteiger charge is 2.25. The zero-order valence-corrected chi connectivity index (χ0v) is 8.77. The molecule has 0 fully saturated rings. The molecule has 0 aromatic carbocycles. The van der Waals surface area contributed by atoms with Crippen molar-refractivity contribution in [2.75, 3.05) is 6.61 Å². The van der Waals surface area contributed by atoms with Crippen LogP contribution < -0.4 is 5.90 Å². The second kappa shape index (κ2) is 3.52. The molecule has 0 saturated heterocycles. The lowest BCUT2D eigenvalue weighted by Gasteiger charge is -2.24. The standard InChI is InChI=1S/C10H18N2O/c1-7-5-12-8(2)9(7)10(3,4)6-13-11/h5,12H,6,11H2,1-4H3. The van der Waals surface area contributed by atoms with Gasteiger partial charge in [0.1, 0.15) is 0 Å². The lowest BCUT2D eigenvalue weighted by Crippen LogP contribution is -2.27. The third-order valence-corrected chi connectivity index (χ3v) is 2.40. The van der Waals surface area contributed by atoms with Crippen LogP contribution in [-0.2, 0) is 10.3 Å². The molecule has 13 heavy (non-hydrogen) atoms. The smallest absolute Gasteiger partial charge is 0.0771 e. The second-order valence-electron chi connectivity index (χ2n) is 4.17. The Hall–Kier alpha value is -0.800. The summed E-state index contributed by atoms with van der Waals surface area (Å²) in [5.74, 6) is 5.11. The molecular weight excluding hydrogens is 164 g/mol. The first-order valence-electron chi connectivity index (χ1n) is 4.46. The van der Waals surface area contributed by atoms with Crippen LogP contribution in [0.2, 0.25) is 0 Å². The van der Waals surface area contributed by atoms with Gasteiger partial charge in [-0.2, -0.15) is 0 Å². The van der Waals surface area contributed by atoms with Crippen LogP contribution in [0.3, 0.4) is 0 Å². The average molecular weight is 182 g/mol. The van der Waals surface area contributed by atoms with E-state index in [1.54, 1.807) is 0 Å². The Labute approximate surface area is 79.2 Å². The molecule has 3 heteroatoms. The largest absolute Gasteiger partial charge is 0.365 e. The Morgan fingerprint density at radius 1 is 1.46 bits per heavy atom. The molecule has 0 unspecified atom stereocenters. The molecule has 3 nitrogen and oxygen atoms in total. The molecular formula is C10H18N2O. The van der Waals surface area contributed by atoms with E-state index in [-0.39, 0.29) is 5.41 Å². The number of hydrogen-bond donors (Lipinski definition) is 2. The molecule has 0 spiro atoms. The predicted molar refractivity (Wildman–Crippen MR) is 53.4 cm³/mol. The predicted octanol–water partition coefficient (Wildman–Crippen LogP) is 1.80. The van der Waals surface area contributed by atoms with E-state index in [1.807, 2.05) is 6.20 Å². The quantitative estimate of drug-likeness (QED) is 0.700. The number of aromatic nitrogens is 1. The highest BCUT2D eigenvalue weighted by atomic mass is 16.6. The molecule has 1 aromatic heterocycles. The fraction of sp³-hybridized carbons (Fsp3) is 0.600. The van der Waals surface area contributed by atoms with Crippen molar-refractivity contribution in [2.45, 2.75) is 33.1 Å². The lowest BCUT2D eigenvalue weighted by molar-refractivity contribution is 0.0960. The molecule has 0 saturated carbocycles. The molecule has 1 heterocycles. The Morgan fingerprint density at radius 2 is 2.08 bits per heavy atom. The molecule has 1 aromatic rings. The Morgan fingerprint density at radius 3 is 2.46 bits per heavy atom. The van der Waals surface area contributed by atoms with Crippen molar-refractivity contribution in [3.63, 3.8) is 0 Å². The number of aryl methyl sites for hydroxylation is 2. The van der Waals surface area contributed by atoms with Gasteiger partial charge < -0.3 is 9.82 Å². The van der Waals surface area contributed by atoms with Gasteiger partial charge in [0.25, 0.3) is 0 Å². The van der Waals surface area contributed by atoms with E-state index < -0.39 is 0 Å². The van der Waals surface area contributed by atoms with E-state index in [1.165, 1.54) is 16.8 Å². The van der Waals surface area contributed by atoms with Gasteiger partial charge >= 0.3 is 0 Å². The minimum atomic E-state index is -0.0249. The minimum absolute atomic E-state index is 0.0249. The molecule has 0 bridgehead atoms. The first kappa shape index (κ1) is 10.3. The van der Waals surface area contributed by atoms with Crippen LogP contribution in [0.25, 0.3) is 0 Å². The monoisotopic (exact) mass is 182 g/mol.